The molecule has 0 aromatic rings. The van der Waals surface area contributed by atoms with E-state index in [1.165, 1.54) is 57.9 Å². The minimum Gasteiger partial charge on any atom is -0.313 e. The fourth-order valence-electron chi connectivity index (χ4n) is 5.05. The van der Waals surface area contributed by atoms with Gasteiger partial charge in [0.25, 0.3) is 0 Å². The predicted octanol–water partition coefficient (Wildman–Crippen LogP) is 4.68. The molecule has 1 heteroatoms. The Labute approximate surface area is 119 Å². The Balaban J connectivity index is 1.53. The predicted molar refractivity (Wildman–Crippen MR) is 82.2 cm³/mol. The monoisotopic (exact) mass is 261 g/mol. The van der Waals surface area contributed by atoms with E-state index in [4.69, 9.17) is 0 Å². The van der Waals surface area contributed by atoms with Gasteiger partial charge in [-0.1, -0.05) is 32.4 Å². The van der Waals surface area contributed by atoms with Crippen LogP contribution in [0.3, 0.4) is 0 Å². The maximum absolute atomic E-state index is 3.92. The second kappa shape index (κ2) is 4.91. The molecule has 0 amide bonds. The van der Waals surface area contributed by atoms with Crippen LogP contribution >= 0.6 is 0 Å². The molecule has 0 aromatic heterocycles. The van der Waals surface area contributed by atoms with Gasteiger partial charge in [0.1, 0.15) is 0 Å². The van der Waals surface area contributed by atoms with Crippen molar-refractivity contribution in [1.29, 1.82) is 0 Å². The molecule has 0 saturated heterocycles. The third-order valence-electron chi connectivity index (χ3n) is 7.02. The van der Waals surface area contributed by atoms with Gasteiger partial charge in [-0.3, -0.25) is 0 Å². The van der Waals surface area contributed by atoms with Gasteiger partial charge in [-0.05, 0) is 74.7 Å². The van der Waals surface area contributed by atoms with Gasteiger partial charge in [0.2, 0.25) is 0 Å². The Morgan fingerprint density at radius 1 is 1.26 bits per heavy atom. The lowest BCUT2D eigenvalue weighted by Crippen LogP contribution is -2.44. The molecule has 0 radical (unpaired) electrons. The first-order valence-electron chi connectivity index (χ1n) is 8.45. The number of hydrogen-bond acceptors (Lipinski definition) is 1. The minimum absolute atomic E-state index is 0.540. The molecule has 2 bridgehead atoms. The zero-order valence-electron chi connectivity index (χ0n) is 13.1. The third kappa shape index (κ3) is 2.18. The first kappa shape index (κ1) is 13.7. The van der Waals surface area contributed by atoms with Gasteiger partial charge in [0.15, 0.2) is 0 Å². The molecule has 2 fully saturated rings. The normalized spacial score (nSPS) is 40.5. The van der Waals surface area contributed by atoms with Crippen LogP contribution < -0.4 is 5.32 Å². The van der Waals surface area contributed by atoms with E-state index in [0.29, 0.717) is 10.8 Å². The number of hydrogen-bond donors (Lipinski definition) is 1. The zero-order valence-corrected chi connectivity index (χ0v) is 13.1. The second-order valence-corrected chi connectivity index (χ2v) is 7.98. The third-order valence-corrected chi connectivity index (χ3v) is 7.02. The lowest BCUT2D eigenvalue weighted by molar-refractivity contribution is 0.121. The molecular weight excluding hydrogens is 230 g/mol. The van der Waals surface area contributed by atoms with Crippen molar-refractivity contribution in [3.63, 3.8) is 0 Å². The van der Waals surface area contributed by atoms with Crippen LogP contribution in [0.2, 0.25) is 0 Å². The Bertz CT molecular complexity index is 368. The number of rotatable bonds is 4. The van der Waals surface area contributed by atoms with Gasteiger partial charge in [-0.2, -0.15) is 0 Å². The summed E-state index contributed by atoms with van der Waals surface area (Å²) in [4.78, 5) is 0. The molecule has 3 aliphatic carbocycles. The summed E-state index contributed by atoms with van der Waals surface area (Å²) in [6, 6.07) is 0.769. The largest absolute Gasteiger partial charge is 0.313 e. The molecule has 3 aliphatic rings. The zero-order chi connectivity index (χ0) is 13.5. The molecule has 108 valence electrons. The van der Waals surface area contributed by atoms with Crippen molar-refractivity contribution in [2.75, 3.05) is 6.54 Å². The molecule has 0 spiro atoms. The Hall–Kier alpha value is -0.300. The smallest absolute Gasteiger partial charge is 0.0129 e. The molecule has 3 atom stereocenters. The first-order valence-corrected chi connectivity index (χ1v) is 8.45. The Kier molecular flexibility index (Phi) is 3.53. The van der Waals surface area contributed by atoms with E-state index in [2.05, 4.69) is 32.2 Å². The Morgan fingerprint density at radius 3 is 2.68 bits per heavy atom. The fraction of sp³-hybridized carbons (Fsp3) is 0.889. The molecule has 19 heavy (non-hydrogen) atoms. The molecule has 1 N–H and O–H groups in total. The van der Waals surface area contributed by atoms with Crippen molar-refractivity contribution in [2.45, 2.75) is 78.2 Å². The Morgan fingerprint density at radius 2 is 2.11 bits per heavy atom. The van der Waals surface area contributed by atoms with Crippen LogP contribution in [0.15, 0.2) is 11.6 Å². The average Bonchev–Trinajstić information content (AvgIpc) is 2.73. The van der Waals surface area contributed by atoms with E-state index >= 15 is 0 Å². The lowest BCUT2D eigenvalue weighted by Gasteiger charge is -2.39. The SMILES string of the molecule is CC1(C)C2CCC1(C)C(NCCC1=CCCCC1)C2. The number of allylic oxidation sites excluding steroid dienone is 1. The van der Waals surface area contributed by atoms with E-state index in [-0.39, 0.29) is 0 Å². The number of fused-ring (bicyclic) bond motifs is 2. The molecule has 3 rings (SSSR count). The highest BCUT2D eigenvalue weighted by Crippen LogP contribution is 2.65. The van der Waals surface area contributed by atoms with E-state index in [0.717, 1.165) is 12.0 Å². The van der Waals surface area contributed by atoms with Crippen molar-refractivity contribution in [3.05, 3.63) is 11.6 Å². The van der Waals surface area contributed by atoms with Gasteiger partial charge in [0.05, 0.1) is 0 Å². The molecule has 0 aliphatic heterocycles. The summed E-state index contributed by atoms with van der Waals surface area (Å²) in [7, 11) is 0. The second-order valence-electron chi connectivity index (χ2n) is 7.98. The van der Waals surface area contributed by atoms with Crippen LogP contribution in [0.5, 0.6) is 0 Å². The van der Waals surface area contributed by atoms with Crippen molar-refractivity contribution in [1.82, 2.24) is 5.32 Å². The molecular formula is C18H31N. The van der Waals surface area contributed by atoms with E-state index in [1.54, 1.807) is 5.57 Å². The molecule has 3 unspecified atom stereocenters. The number of nitrogens with one attached hydrogen (secondary N) is 1. The topological polar surface area (TPSA) is 12.0 Å². The summed E-state index contributed by atoms with van der Waals surface area (Å²) in [5.41, 5.74) is 2.80. The van der Waals surface area contributed by atoms with Crippen LogP contribution in [-0.2, 0) is 0 Å². The van der Waals surface area contributed by atoms with Crippen molar-refractivity contribution in [3.8, 4) is 0 Å². The van der Waals surface area contributed by atoms with E-state index in [9.17, 15) is 0 Å². The lowest BCUT2D eigenvalue weighted by atomic mass is 9.69. The minimum atomic E-state index is 0.540. The summed E-state index contributed by atoms with van der Waals surface area (Å²) in [5.74, 6) is 0.962. The summed E-state index contributed by atoms with van der Waals surface area (Å²) >= 11 is 0. The van der Waals surface area contributed by atoms with Crippen LogP contribution in [0.25, 0.3) is 0 Å². The fourth-order valence-corrected chi connectivity index (χ4v) is 5.05. The van der Waals surface area contributed by atoms with Gasteiger partial charge in [-0.25, -0.2) is 0 Å². The average molecular weight is 261 g/mol. The summed E-state index contributed by atoms with van der Waals surface area (Å²) in [6.45, 7) is 8.76. The highest BCUT2D eigenvalue weighted by Gasteiger charge is 2.60. The van der Waals surface area contributed by atoms with Crippen LogP contribution in [0.1, 0.15) is 72.1 Å². The summed E-state index contributed by atoms with van der Waals surface area (Å²) < 4.78 is 0. The van der Waals surface area contributed by atoms with Crippen molar-refractivity contribution in [2.24, 2.45) is 16.7 Å². The van der Waals surface area contributed by atoms with Gasteiger partial charge in [0, 0.05) is 6.04 Å². The first-order chi connectivity index (χ1) is 9.04. The van der Waals surface area contributed by atoms with Crippen molar-refractivity contribution < 1.29 is 0 Å². The van der Waals surface area contributed by atoms with E-state index in [1.807, 2.05) is 0 Å². The molecule has 1 nitrogen and oxygen atoms in total. The summed E-state index contributed by atoms with van der Waals surface area (Å²) in [5, 5.41) is 3.92. The highest BCUT2D eigenvalue weighted by molar-refractivity contribution is 5.13. The maximum Gasteiger partial charge on any atom is 0.0129 e. The van der Waals surface area contributed by atoms with Gasteiger partial charge in [-0.15, -0.1) is 0 Å². The van der Waals surface area contributed by atoms with Gasteiger partial charge >= 0.3 is 0 Å². The van der Waals surface area contributed by atoms with Crippen LogP contribution in [0.4, 0.5) is 0 Å². The molecule has 0 aromatic carbocycles. The molecule has 2 saturated carbocycles. The quantitative estimate of drug-likeness (QED) is 0.724. The van der Waals surface area contributed by atoms with Crippen molar-refractivity contribution >= 4 is 0 Å². The standard InChI is InChI=1S/C18H31N/c1-17(2)15-9-11-18(17,3)16(13-15)19-12-10-14-7-5-4-6-8-14/h7,15-16,19H,4-6,8-13H2,1-3H3. The van der Waals surface area contributed by atoms with Crippen LogP contribution in [0, 0.1) is 16.7 Å². The molecule has 0 heterocycles. The highest BCUT2D eigenvalue weighted by atomic mass is 15.0. The summed E-state index contributed by atoms with van der Waals surface area (Å²) in [6.07, 6.45) is 13.6. The van der Waals surface area contributed by atoms with Crippen LogP contribution in [-0.4, -0.2) is 12.6 Å². The maximum atomic E-state index is 3.92. The van der Waals surface area contributed by atoms with Gasteiger partial charge < -0.3 is 5.32 Å². The van der Waals surface area contributed by atoms with E-state index < -0.39 is 0 Å².